The average molecular weight is 311 g/mol. The Labute approximate surface area is 133 Å². The number of ether oxygens (including phenoxy) is 1. The molecule has 2 unspecified atom stereocenters. The van der Waals surface area contributed by atoms with Crippen LogP contribution >= 0.6 is 0 Å². The molecule has 2 fully saturated rings. The molecule has 2 aliphatic rings. The second kappa shape index (κ2) is 7.44. The first-order chi connectivity index (χ1) is 10.5. The molecule has 1 saturated carbocycles. The SMILES string of the molecule is CCC(OC1CCCCC1)C(=O)N1CCCC(C)(C(=O)O)C1. The zero-order chi connectivity index (χ0) is 16.2. The van der Waals surface area contributed by atoms with Gasteiger partial charge in [-0.1, -0.05) is 26.2 Å². The van der Waals surface area contributed by atoms with Crippen LogP contribution in [0.3, 0.4) is 0 Å². The van der Waals surface area contributed by atoms with Gasteiger partial charge in [0.25, 0.3) is 5.91 Å². The number of nitrogens with zero attached hydrogens (tertiary/aromatic N) is 1. The highest BCUT2D eigenvalue weighted by Gasteiger charge is 2.40. The van der Waals surface area contributed by atoms with Crippen LogP contribution in [0.1, 0.15) is 65.2 Å². The van der Waals surface area contributed by atoms with Gasteiger partial charge in [-0.3, -0.25) is 9.59 Å². The van der Waals surface area contributed by atoms with E-state index >= 15 is 0 Å². The van der Waals surface area contributed by atoms with Gasteiger partial charge in [-0.05, 0) is 39.0 Å². The van der Waals surface area contributed by atoms with Gasteiger partial charge in [0.1, 0.15) is 6.10 Å². The second-order valence-electron chi connectivity index (χ2n) is 7.02. The van der Waals surface area contributed by atoms with Crippen LogP contribution < -0.4 is 0 Å². The van der Waals surface area contributed by atoms with E-state index in [1.165, 1.54) is 19.3 Å². The summed E-state index contributed by atoms with van der Waals surface area (Å²) >= 11 is 0. The van der Waals surface area contributed by atoms with Gasteiger partial charge in [0, 0.05) is 13.1 Å². The molecule has 0 aromatic rings. The molecule has 0 aromatic heterocycles. The van der Waals surface area contributed by atoms with Crippen molar-refractivity contribution in [3.63, 3.8) is 0 Å². The van der Waals surface area contributed by atoms with Crippen molar-refractivity contribution in [2.75, 3.05) is 13.1 Å². The van der Waals surface area contributed by atoms with Crippen LogP contribution in [0.25, 0.3) is 0 Å². The summed E-state index contributed by atoms with van der Waals surface area (Å²) < 4.78 is 6.05. The van der Waals surface area contributed by atoms with E-state index < -0.39 is 17.5 Å². The Bertz CT molecular complexity index is 405. The molecule has 2 rings (SSSR count). The van der Waals surface area contributed by atoms with Crippen molar-refractivity contribution in [3.05, 3.63) is 0 Å². The van der Waals surface area contributed by atoms with Crippen molar-refractivity contribution >= 4 is 11.9 Å². The number of piperidine rings is 1. The summed E-state index contributed by atoms with van der Waals surface area (Å²) in [5.74, 6) is -0.841. The number of rotatable bonds is 5. The van der Waals surface area contributed by atoms with E-state index in [1.807, 2.05) is 6.92 Å². The molecule has 2 atom stereocenters. The Hall–Kier alpha value is -1.10. The van der Waals surface area contributed by atoms with Crippen molar-refractivity contribution in [1.29, 1.82) is 0 Å². The van der Waals surface area contributed by atoms with E-state index in [4.69, 9.17) is 4.74 Å². The van der Waals surface area contributed by atoms with Crippen LogP contribution in [0.5, 0.6) is 0 Å². The maximum Gasteiger partial charge on any atom is 0.311 e. The third kappa shape index (κ3) is 4.00. The van der Waals surface area contributed by atoms with E-state index in [2.05, 4.69) is 0 Å². The third-order valence-electron chi connectivity index (χ3n) is 5.08. The minimum absolute atomic E-state index is 0.0275. The molecule has 0 radical (unpaired) electrons. The molecule has 1 amide bonds. The highest BCUT2D eigenvalue weighted by Crippen LogP contribution is 2.31. The zero-order valence-electron chi connectivity index (χ0n) is 13.8. The monoisotopic (exact) mass is 311 g/mol. The summed E-state index contributed by atoms with van der Waals surface area (Å²) in [6.07, 6.45) is 7.49. The first-order valence-corrected chi connectivity index (χ1v) is 8.64. The fourth-order valence-corrected chi connectivity index (χ4v) is 3.57. The second-order valence-corrected chi connectivity index (χ2v) is 7.02. The number of carbonyl (C=O) groups excluding carboxylic acids is 1. The third-order valence-corrected chi connectivity index (χ3v) is 5.08. The molecule has 1 heterocycles. The van der Waals surface area contributed by atoms with Crippen molar-refractivity contribution < 1.29 is 19.4 Å². The van der Waals surface area contributed by atoms with Crippen LogP contribution in [0.15, 0.2) is 0 Å². The number of aliphatic carboxylic acids is 1. The standard InChI is InChI=1S/C17H29NO4/c1-3-14(22-13-8-5-4-6-9-13)15(19)18-11-7-10-17(2,12-18)16(20)21/h13-14H,3-12H2,1-2H3,(H,20,21). The Balaban J connectivity index is 1.96. The van der Waals surface area contributed by atoms with Crippen molar-refractivity contribution in [2.24, 2.45) is 5.41 Å². The highest BCUT2D eigenvalue weighted by atomic mass is 16.5. The smallest absolute Gasteiger partial charge is 0.311 e. The molecule has 0 aromatic carbocycles. The summed E-state index contributed by atoms with van der Waals surface area (Å²) in [4.78, 5) is 25.9. The van der Waals surface area contributed by atoms with Gasteiger partial charge < -0.3 is 14.7 Å². The minimum atomic E-state index is -0.822. The number of amides is 1. The number of hydrogen-bond donors (Lipinski definition) is 1. The summed E-state index contributed by atoms with van der Waals surface area (Å²) in [6.45, 7) is 4.64. The molecule has 1 saturated heterocycles. The number of carbonyl (C=O) groups is 2. The lowest BCUT2D eigenvalue weighted by Crippen LogP contribution is -2.52. The van der Waals surface area contributed by atoms with Crippen LogP contribution in [-0.4, -0.2) is 47.2 Å². The van der Waals surface area contributed by atoms with Crippen molar-refractivity contribution in [3.8, 4) is 0 Å². The lowest BCUT2D eigenvalue weighted by atomic mass is 9.82. The molecule has 1 aliphatic heterocycles. The van der Waals surface area contributed by atoms with Gasteiger partial charge in [0.15, 0.2) is 0 Å². The summed E-state index contributed by atoms with van der Waals surface area (Å²) in [5, 5.41) is 9.38. The van der Waals surface area contributed by atoms with Crippen molar-refractivity contribution in [1.82, 2.24) is 4.90 Å². The van der Waals surface area contributed by atoms with Crippen molar-refractivity contribution in [2.45, 2.75) is 77.4 Å². The molecule has 5 nitrogen and oxygen atoms in total. The van der Waals surface area contributed by atoms with Gasteiger partial charge in [-0.25, -0.2) is 0 Å². The van der Waals surface area contributed by atoms with Gasteiger partial charge in [0.05, 0.1) is 11.5 Å². The molecule has 22 heavy (non-hydrogen) atoms. The summed E-state index contributed by atoms with van der Waals surface area (Å²) in [7, 11) is 0. The fraction of sp³-hybridized carbons (Fsp3) is 0.882. The molecular formula is C17H29NO4. The number of likely N-dealkylation sites (tertiary alicyclic amines) is 1. The predicted octanol–water partition coefficient (Wildman–Crippen LogP) is 2.83. The van der Waals surface area contributed by atoms with Crippen LogP contribution in [0, 0.1) is 5.41 Å². The Morgan fingerprint density at radius 3 is 2.55 bits per heavy atom. The zero-order valence-corrected chi connectivity index (χ0v) is 13.8. The van der Waals surface area contributed by atoms with E-state index in [0.717, 1.165) is 19.3 Å². The Kier molecular flexibility index (Phi) is 5.84. The van der Waals surface area contributed by atoms with E-state index in [1.54, 1.807) is 11.8 Å². The molecule has 1 aliphatic carbocycles. The molecule has 5 heteroatoms. The maximum absolute atomic E-state index is 12.7. The lowest BCUT2D eigenvalue weighted by molar-refractivity contribution is -0.159. The minimum Gasteiger partial charge on any atom is -0.481 e. The first-order valence-electron chi connectivity index (χ1n) is 8.64. The molecular weight excluding hydrogens is 282 g/mol. The maximum atomic E-state index is 12.7. The molecule has 1 N–H and O–H groups in total. The van der Waals surface area contributed by atoms with Gasteiger partial charge >= 0.3 is 5.97 Å². The van der Waals surface area contributed by atoms with Crippen LogP contribution in [-0.2, 0) is 14.3 Å². The van der Waals surface area contributed by atoms with Gasteiger partial charge in [-0.15, -0.1) is 0 Å². The van der Waals surface area contributed by atoms with E-state index in [0.29, 0.717) is 25.9 Å². The van der Waals surface area contributed by atoms with Crippen LogP contribution in [0.2, 0.25) is 0 Å². The largest absolute Gasteiger partial charge is 0.481 e. The quantitative estimate of drug-likeness (QED) is 0.848. The van der Waals surface area contributed by atoms with E-state index in [9.17, 15) is 14.7 Å². The predicted molar refractivity (Wildman–Crippen MR) is 83.6 cm³/mol. The van der Waals surface area contributed by atoms with Gasteiger partial charge in [-0.2, -0.15) is 0 Å². The summed E-state index contributed by atoms with van der Waals surface area (Å²) in [5.41, 5.74) is -0.822. The summed E-state index contributed by atoms with van der Waals surface area (Å²) in [6, 6.07) is 0. The average Bonchev–Trinajstić information content (AvgIpc) is 2.53. The first kappa shape index (κ1) is 17.3. The Morgan fingerprint density at radius 1 is 1.27 bits per heavy atom. The topological polar surface area (TPSA) is 66.8 Å². The normalized spacial score (nSPS) is 28.4. The molecule has 0 bridgehead atoms. The van der Waals surface area contributed by atoms with Gasteiger partial charge in [0.2, 0.25) is 0 Å². The fourth-order valence-electron chi connectivity index (χ4n) is 3.57. The molecule has 126 valence electrons. The number of carboxylic acid groups (broad SMARTS) is 1. The van der Waals surface area contributed by atoms with E-state index in [-0.39, 0.29) is 12.0 Å². The highest BCUT2D eigenvalue weighted by molar-refractivity contribution is 5.82. The number of hydrogen-bond acceptors (Lipinski definition) is 3. The Morgan fingerprint density at radius 2 is 1.95 bits per heavy atom. The lowest BCUT2D eigenvalue weighted by Gasteiger charge is -2.39. The van der Waals surface area contributed by atoms with Crippen LogP contribution in [0.4, 0.5) is 0 Å². The number of carboxylic acids is 1. The molecule has 0 spiro atoms.